The number of H-pyrrole nitrogens is 1. The topological polar surface area (TPSA) is 110 Å². The minimum atomic E-state index is -1.21. The van der Waals surface area contributed by atoms with E-state index in [0.717, 1.165) is 33.2 Å². The normalized spacial score (nSPS) is 10.8. The van der Waals surface area contributed by atoms with Crippen LogP contribution in [0.25, 0.3) is 0 Å². The molecule has 0 aliphatic carbocycles. The van der Waals surface area contributed by atoms with Crippen molar-refractivity contribution in [1.29, 1.82) is 0 Å². The maximum atomic E-state index is 13.7. The van der Waals surface area contributed by atoms with E-state index in [0.29, 0.717) is 0 Å². The summed E-state index contributed by atoms with van der Waals surface area (Å²) in [7, 11) is 1.39. The van der Waals surface area contributed by atoms with Crippen LogP contribution in [0.4, 0.5) is 20.3 Å². The number of carbonyl (C=O) groups excluding carboxylic acids is 1. The molecule has 0 saturated heterocycles. The van der Waals surface area contributed by atoms with Gasteiger partial charge >= 0.3 is 5.69 Å². The Morgan fingerprint density at radius 3 is 2.48 bits per heavy atom. The third-order valence-electron chi connectivity index (χ3n) is 4.60. The van der Waals surface area contributed by atoms with Gasteiger partial charge < -0.3 is 10.5 Å². The Labute approximate surface area is 175 Å². The lowest BCUT2D eigenvalue weighted by Gasteiger charge is -2.24. The summed E-state index contributed by atoms with van der Waals surface area (Å²) in [4.78, 5) is 41.2. The third kappa shape index (κ3) is 4.69. The Kier molecular flexibility index (Phi) is 6.61. The first kappa shape index (κ1) is 21.9. The number of amides is 1. The molecule has 8 nitrogen and oxygen atoms in total. The average molecular weight is 430 g/mol. The summed E-state index contributed by atoms with van der Waals surface area (Å²) in [6.45, 7) is -0.0516. The lowest BCUT2D eigenvalue weighted by molar-refractivity contribution is 0.0975. The summed E-state index contributed by atoms with van der Waals surface area (Å²) in [5.41, 5.74) is 4.76. The number of nitrogens with zero attached hydrogens (tertiary/aromatic N) is 2. The standard InChI is InChI=1S/C21H20F2N4O4/c1-31-10-9-26(20(29)14-7-8-15(22)16(23)11-14)17-18(24)27(21(30)25-19(17)28)12-13-5-3-2-4-6-13/h2-8,11H,9-10,12,24H2,1H3,(H,25,28,30). The van der Waals surface area contributed by atoms with Gasteiger partial charge in [-0.25, -0.2) is 13.6 Å². The number of carbonyl (C=O) groups is 1. The maximum absolute atomic E-state index is 13.7. The number of ether oxygens (including phenoxy) is 1. The number of aromatic amines is 1. The molecular weight excluding hydrogens is 410 g/mol. The molecule has 0 unspecified atom stereocenters. The second-order valence-electron chi connectivity index (χ2n) is 6.64. The van der Waals surface area contributed by atoms with Crippen LogP contribution in [0, 0.1) is 11.6 Å². The third-order valence-corrected chi connectivity index (χ3v) is 4.60. The van der Waals surface area contributed by atoms with E-state index in [1.807, 2.05) is 0 Å². The average Bonchev–Trinajstić information content (AvgIpc) is 2.75. The lowest BCUT2D eigenvalue weighted by atomic mass is 10.1. The van der Waals surface area contributed by atoms with Gasteiger partial charge in [-0.05, 0) is 23.8 Å². The van der Waals surface area contributed by atoms with Gasteiger partial charge in [-0.3, -0.25) is 24.0 Å². The second kappa shape index (κ2) is 9.35. The van der Waals surface area contributed by atoms with Gasteiger partial charge in [0.1, 0.15) is 5.82 Å². The first-order valence-electron chi connectivity index (χ1n) is 9.26. The zero-order valence-electron chi connectivity index (χ0n) is 16.6. The number of hydrogen-bond donors (Lipinski definition) is 2. The van der Waals surface area contributed by atoms with Crippen molar-refractivity contribution >= 4 is 17.4 Å². The van der Waals surface area contributed by atoms with E-state index in [-0.39, 0.29) is 36.8 Å². The van der Waals surface area contributed by atoms with E-state index in [1.165, 1.54) is 7.11 Å². The summed E-state index contributed by atoms with van der Waals surface area (Å²) >= 11 is 0. The molecule has 0 aliphatic heterocycles. The number of halogens is 2. The van der Waals surface area contributed by atoms with Crippen LogP contribution in [-0.4, -0.2) is 35.7 Å². The number of aromatic nitrogens is 2. The Morgan fingerprint density at radius 1 is 1.13 bits per heavy atom. The summed E-state index contributed by atoms with van der Waals surface area (Å²) in [6.07, 6.45) is 0. The maximum Gasteiger partial charge on any atom is 0.330 e. The van der Waals surface area contributed by atoms with Crippen LogP contribution < -0.4 is 21.9 Å². The summed E-state index contributed by atoms with van der Waals surface area (Å²) in [6, 6.07) is 11.5. The molecule has 0 spiro atoms. The number of nitrogens with one attached hydrogen (secondary N) is 1. The van der Waals surface area contributed by atoms with Gasteiger partial charge in [0, 0.05) is 19.2 Å². The predicted molar refractivity (Wildman–Crippen MR) is 111 cm³/mol. The number of hydrogen-bond acceptors (Lipinski definition) is 5. The van der Waals surface area contributed by atoms with E-state index < -0.39 is 28.8 Å². The van der Waals surface area contributed by atoms with Crippen LogP contribution in [0.3, 0.4) is 0 Å². The van der Waals surface area contributed by atoms with Crippen molar-refractivity contribution in [3.05, 3.63) is 92.1 Å². The predicted octanol–water partition coefficient (Wildman–Crippen LogP) is 1.74. The highest BCUT2D eigenvalue weighted by atomic mass is 19.2. The molecule has 3 aromatic rings. The Hall–Kier alpha value is -3.79. The minimum Gasteiger partial charge on any atom is -0.383 e. The molecule has 162 valence electrons. The van der Waals surface area contributed by atoms with Gasteiger partial charge in [0.2, 0.25) is 0 Å². The smallest absolute Gasteiger partial charge is 0.330 e. The van der Waals surface area contributed by atoms with Crippen LogP contribution in [0.1, 0.15) is 15.9 Å². The van der Waals surface area contributed by atoms with Crippen molar-refractivity contribution < 1.29 is 18.3 Å². The molecule has 0 radical (unpaired) electrons. The van der Waals surface area contributed by atoms with Crippen LogP contribution in [0.2, 0.25) is 0 Å². The van der Waals surface area contributed by atoms with Crippen LogP contribution in [-0.2, 0) is 11.3 Å². The van der Waals surface area contributed by atoms with Gasteiger partial charge in [0.05, 0.1) is 13.2 Å². The number of benzene rings is 2. The van der Waals surface area contributed by atoms with Crippen LogP contribution in [0.15, 0.2) is 58.1 Å². The molecule has 1 heterocycles. The van der Waals surface area contributed by atoms with Crippen molar-refractivity contribution in [2.24, 2.45) is 0 Å². The van der Waals surface area contributed by atoms with Gasteiger partial charge in [0.15, 0.2) is 17.3 Å². The SMILES string of the molecule is COCCN(C(=O)c1ccc(F)c(F)c1)c1c(N)n(Cc2ccccc2)c(=O)[nH]c1=O. The van der Waals surface area contributed by atoms with Crippen LogP contribution in [0.5, 0.6) is 0 Å². The van der Waals surface area contributed by atoms with Crippen molar-refractivity contribution in [2.75, 3.05) is 30.9 Å². The molecule has 0 aliphatic rings. The molecule has 2 aromatic carbocycles. The van der Waals surface area contributed by atoms with Crippen molar-refractivity contribution in [2.45, 2.75) is 6.54 Å². The number of nitrogen functional groups attached to an aromatic ring is 1. The fraction of sp³-hybridized carbons (Fsp3) is 0.190. The molecule has 3 rings (SSSR count). The van der Waals surface area contributed by atoms with Gasteiger partial charge in [0.25, 0.3) is 11.5 Å². The number of methoxy groups -OCH3 is 1. The minimum absolute atomic E-state index is 0.0199. The molecule has 31 heavy (non-hydrogen) atoms. The monoisotopic (exact) mass is 430 g/mol. The molecule has 3 N–H and O–H groups in total. The number of nitrogens with two attached hydrogens (primary N) is 1. The van der Waals surface area contributed by atoms with E-state index in [9.17, 15) is 23.2 Å². The van der Waals surface area contributed by atoms with E-state index in [4.69, 9.17) is 10.5 Å². The molecule has 0 bridgehead atoms. The van der Waals surface area contributed by atoms with E-state index in [2.05, 4.69) is 4.98 Å². The fourth-order valence-corrected chi connectivity index (χ4v) is 3.04. The molecule has 1 amide bonds. The lowest BCUT2D eigenvalue weighted by Crippen LogP contribution is -2.42. The summed E-state index contributed by atoms with van der Waals surface area (Å²) < 4.78 is 33.1. The highest BCUT2D eigenvalue weighted by molar-refractivity contribution is 6.07. The largest absolute Gasteiger partial charge is 0.383 e. The quantitative estimate of drug-likeness (QED) is 0.593. The van der Waals surface area contributed by atoms with Crippen molar-refractivity contribution in [3.63, 3.8) is 0 Å². The zero-order chi connectivity index (χ0) is 22.5. The van der Waals surface area contributed by atoms with Crippen molar-refractivity contribution in [1.82, 2.24) is 9.55 Å². The number of anilines is 2. The first-order chi connectivity index (χ1) is 14.8. The first-order valence-corrected chi connectivity index (χ1v) is 9.26. The zero-order valence-corrected chi connectivity index (χ0v) is 16.6. The molecule has 0 atom stereocenters. The van der Waals surface area contributed by atoms with Gasteiger partial charge in [-0.2, -0.15) is 0 Å². The highest BCUT2D eigenvalue weighted by Gasteiger charge is 2.26. The summed E-state index contributed by atoms with van der Waals surface area (Å²) in [5, 5.41) is 0. The Balaban J connectivity index is 2.11. The Bertz CT molecular complexity index is 1210. The van der Waals surface area contributed by atoms with E-state index in [1.54, 1.807) is 30.3 Å². The molecule has 10 heteroatoms. The number of rotatable bonds is 7. The molecule has 0 saturated carbocycles. The highest BCUT2D eigenvalue weighted by Crippen LogP contribution is 2.21. The van der Waals surface area contributed by atoms with Gasteiger partial charge in [-0.1, -0.05) is 30.3 Å². The Morgan fingerprint density at radius 2 is 1.84 bits per heavy atom. The van der Waals surface area contributed by atoms with E-state index >= 15 is 0 Å². The second-order valence-corrected chi connectivity index (χ2v) is 6.64. The molecule has 0 fully saturated rings. The van der Waals surface area contributed by atoms with Gasteiger partial charge in [-0.15, -0.1) is 0 Å². The van der Waals surface area contributed by atoms with Crippen LogP contribution >= 0.6 is 0 Å². The molecule has 1 aromatic heterocycles. The fourth-order valence-electron chi connectivity index (χ4n) is 3.04. The summed E-state index contributed by atoms with van der Waals surface area (Å²) in [5.74, 6) is -3.38. The molecular formula is C21H20F2N4O4. The van der Waals surface area contributed by atoms with Crippen molar-refractivity contribution in [3.8, 4) is 0 Å².